The van der Waals surface area contributed by atoms with E-state index in [1.807, 2.05) is 0 Å². The van der Waals surface area contributed by atoms with E-state index in [1.165, 1.54) is 38.6 Å². The molecule has 0 amide bonds. The van der Waals surface area contributed by atoms with E-state index in [0.717, 1.165) is 18.0 Å². The highest BCUT2D eigenvalue weighted by atomic mass is 15.2. The highest BCUT2D eigenvalue weighted by Gasteiger charge is 2.38. The lowest BCUT2D eigenvalue weighted by molar-refractivity contribution is 0.165. The van der Waals surface area contributed by atoms with Crippen molar-refractivity contribution in [2.24, 2.45) is 5.92 Å². The largest absolute Gasteiger partial charge is 0.298 e. The second kappa shape index (κ2) is 3.37. The van der Waals surface area contributed by atoms with Gasteiger partial charge in [0, 0.05) is 12.1 Å². The number of nitrogens with zero attached hydrogens (tertiary/aromatic N) is 1. The maximum absolute atomic E-state index is 2.73. The van der Waals surface area contributed by atoms with Gasteiger partial charge in [0.1, 0.15) is 0 Å². The first kappa shape index (κ1) is 8.55. The number of hydrogen-bond donors (Lipinski definition) is 0. The van der Waals surface area contributed by atoms with Crippen LogP contribution in [0.25, 0.3) is 0 Å². The lowest BCUT2D eigenvalue weighted by Crippen LogP contribution is -2.37. The quantitative estimate of drug-likeness (QED) is 0.580. The maximum atomic E-state index is 2.73. The van der Waals surface area contributed by atoms with Crippen LogP contribution in [0.1, 0.15) is 46.0 Å². The number of hydrogen-bond acceptors (Lipinski definition) is 1. The summed E-state index contributed by atoms with van der Waals surface area (Å²) >= 11 is 0. The standard InChI is InChI=1S/C11H21N/c1-3-12-9(2)8-10-6-4-5-7-11(10)12/h9-11H,3-8H2,1-2H3. The molecule has 2 aliphatic rings. The van der Waals surface area contributed by atoms with Crippen molar-refractivity contribution < 1.29 is 0 Å². The van der Waals surface area contributed by atoms with Gasteiger partial charge >= 0.3 is 0 Å². The van der Waals surface area contributed by atoms with E-state index in [0.29, 0.717) is 0 Å². The number of fused-ring (bicyclic) bond motifs is 1. The van der Waals surface area contributed by atoms with E-state index in [1.54, 1.807) is 0 Å². The van der Waals surface area contributed by atoms with Gasteiger partial charge in [-0.1, -0.05) is 19.8 Å². The Bertz CT molecular complexity index is 155. The topological polar surface area (TPSA) is 3.24 Å². The molecule has 3 unspecified atom stereocenters. The van der Waals surface area contributed by atoms with Gasteiger partial charge in [0.15, 0.2) is 0 Å². The summed E-state index contributed by atoms with van der Waals surface area (Å²) in [5, 5.41) is 0. The van der Waals surface area contributed by atoms with Crippen molar-refractivity contribution in [3.8, 4) is 0 Å². The Hall–Kier alpha value is -0.0400. The van der Waals surface area contributed by atoms with Gasteiger partial charge in [-0.3, -0.25) is 4.90 Å². The molecule has 70 valence electrons. The van der Waals surface area contributed by atoms with Crippen molar-refractivity contribution in [2.45, 2.75) is 58.0 Å². The summed E-state index contributed by atoms with van der Waals surface area (Å²) in [6.45, 7) is 5.98. The molecule has 3 atom stereocenters. The molecule has 0 aromatic rings. The molecule has 1 saturated heterocycles. The fraction of sp³-hybridized carbons (Fsp3) is 1.00. The zero-order valence-electron chi connectivity index (χ0n) is 8.42. The van der Waals surface area contributed by atoms with Crippen LogP contribution >= 0.6 is 0 Å². The predicted octanol–water partition coefficient (Wildman–Crippen LogP) is 2.66. The monoisotopic (exact) mass is 167 g/mol. The van der Waals surface area contributed by atoms with Gasteiger partial charge < -0.3 is 0 Å². The highest BCUT2D eigenvalue weighted by molar-refractivity contribution is 4.93. The molecule has 0 aromatic carbocycles. The van der Waals surface area contributed by atoms with Gasteiger partial charge in [-0.25, -0.2) is 0 Å². The third-order valence-corrected chi connectivity index (χ3v) is 3.87. The third-order valence-electron chi connectivity index (χ3n) is 3.87. The van der Waals surface area contributed by atoms with Crippen LogP contribution in [0.5, 0.6) is 0 Å². The molecule has 1 aliphatic heterocycles. The van der Waals surface area contributed by atoms with Crippen molar-refractivity contribution >= 4 is 0 Å². The van der Waals surface area contributed by atoms with Crippen molar-refractivity contribution in [2.75, 3.05) is 6.54 Å². The zero-order valence-corrected chi connectivity index (χ0v) is 8.42. The summed E-state index contributed by atoms with van der Waals surface area (Å²) in [6, 6.07) is 1.82. The average molecular weight is 167 g/mol. The first-order valence-corrected chi connectivity index (χ1v) is 5.58. The van der Waals surface area contributed by atoms with E-state index in [9.17, 15) is 0 Å². The highest BCUT2D eigenvalue weighted by Crippen LogP contribution is 2.38. The Kier molecular flexibility index (Phi) is 2.40. The summed E-state index contributed by atoms with van der Waals surface area (Å²) in [5.74, 6) is 1.05. The summed E-state index contributed by atoms with van der Waals surface area (Å²) in [5.41, 5.74) is 0. The molecule has 1 saturated carbocycles. The van der Waals surface area contributed by atoms with E-state index in [2.05, 4.69) is 18.7 Å². The SMILES string of the molecule is CCN1C(C)CC2CCCCC21. The molecule has 0 N–H and O–H groups in total. The van der Waals surface area contributed by atoms with Crippen LogP contribution in [0.15, 0.2) is 0 Å². The average Bonchev–Trinajstić information content (AvgIpc) is 2.40. The summed E-state index contributed by atoms with van der Waals surface area (Å²) in [7, 11) is 0. The maximum Gasteiger partial charge on any atom is 0.0127 e. The molecule has 12 heavy (non-hydrogen) atoms. The molecule has 1 aliphatic carbocycles. The smallest absolute Gasteiger partial charge is 0.0127 e. The second-order valence-corrected chi connectivity index (χ2v) is 4.53. The van der Waals surface area contributed by atoms with Crippen LogP contribution in [-0.4, -0.2) is 23.5 Å². The lowest BCUT2D eigenvalue weighted by Gasteiger charge is -2.32. The van der Waals surface area contributed by atoms with Gasteiger partial charge in [-0.15, -0.1) is 0 Å². The minimum atomic E-state index is 0.864. The molecule has 1 heteroatoms. The molecule has 0 radical (unpaired) electrons. The van der Waals surface area contributed by atoms with Gasteiger partial charge in [-0.2, -0.15) is 0 Å². The van der Waals surface area contributed by atoms with Crippen molar-refractivity contribution in [1.82, 2.24) is 4.90 Å². The van der Waals surface area contributed by atoms with Crippen LogP contribution in [-0.2, 0) is 0 Å². The van der Waals surface area contributed by atoms with Gasteiger partial charge in [-0.05, 0) is 38.6 Å². The molecular formula is C11H21N. The molecule has 0 spiro atoms. The van der Waals surface area contributed by atoms with Crippen molar-refractivity contribution in [1.29, 1.82) is 0 Å². The van der Waals surface area contributed by atoms with Crippen molar-refractivity contribution in [3.63, 3.8) is 0 Å². The Labute approximate surface area is 76.1 Å². The predicted molar refractivity (Wildman–Crippen MR) is 52.2 cm³/mol. The van der Waals surface area contributed by atoms with Crippen LogP contribution in [0, 0.1) is 5.92 Å². The number of rotatable bonds is 1. The molecule has 0 aromatic heterocycles. The number of likely N-dealkylation sites (tertiary alicyclic amines) is 1. The lowest BCUT2D eigenvalue weighted by atomic mass is 9.85. The van der Waals surface area contributed by atoms with Gasteiger partial charge in [0.2, 0.25) is 0 Å². The Morgan fingerprint density at radius 3 is 2.75 bits per heavy atom. The zero-order chi connectivity index (χ0) is 8.55. The van der Waals surface area contributed by atoms with E-state index in [-0.39, 0.29) is 0 Å². The fourth-order valence-corrected chi connectivity index (χ4v) is 3.35. The van der Waals surface area contributed by atoms with Crippen LogP contribution in [0.4, 0.5) is 0 Å². The molecule has 1 heterocycles. The van der Waals surface area contributed by atoms with E-state index < -0.39 is 0 Å². The minimum Gasteiger partial charge on any atom is -0.298 e. The Morgan fingerprint density at radius 2 is 2.00 bits per heavy atom. The van der Waals surface area contributed by atoms with Crippen molar-refractivity contribution in [3.05, 3.63) is 0 Å². The van der Waals surface area contributed by atoms with Gasteiger partial charge in [0.05, 0.1) is 0 Å². The van der Waals surface area contributed by atoms with E-state index >= 15 is 0 Å². The van der Waals surface area contributed by atoms with Gasteiger partial charge in [0.25, 0.3) is 0 Å². The molecule has 2 fully saturated rings. The first-order valence-electron chi connectivity index (χ1n) is 5.58. The van der Waals surface area contributed by atoms with Crippen LogP contribution < -0.4 is 0 Å². The normalized spacial score (nSPS) is 43.0. The van der Waals surface area contributed by atoms with E-state index in [4.69, 9.17) is 0 Å². The van der Waals surface area contributed by atoms with Crippen LogP contribution in [0.2, 0.25) is 0 Å². The minimum absolute atomic E-state index is 0.864. The second-order valence-electron chi connectivity index (χ2n) is 4.53. The Morgan fingerprint density at radius 1 is 1.25 bits per heavy atom. The summed E-state index contributed by atoms with van der Waals surface area (Å²) in [6.07, 6.45) is 7.42. The first-order chi connectivity index (χ1) is 5.83. The summed E-state index contributed by atoms with van der Waals surface area (Å²) in [4.78, 5) is 2.73. The molecular weight excluding hydrogens is 146 g/mol. The Balaban J connectivity index is 2.05. The molecule has 2 rings (SSSR count). The molecule has 0 bridgehead atoms. The third kappa shape index (κ3) is 1.28. The van der Waals surface area contributed by atoms with Crippen LogP contribution in [0.3, 0.4) is 0 Å². The fourth-order valence-electron chi connectivity index (χ4n) is 3.35. The summed E-state index contributed by atoms with van der Waals surface area (Å²) < 4.78 is 0. The molecule has 1 nitrogen and oxygen atoms in total.